The number of nitriles is 1. The lowest BCUT2D eigenvalue weighted by molar-refractivity contribution is 0.664. The Kier molecular flexibility index (Phi) is 5.12. The maximum Gasteiger partial charge on any atom is 0.266 e. The molecule has 2 heterocycles. The van der Waals surface area contributed by atoms with Gasteiger partial charge in [-0.25, -0.2) is 9.41 Å². The van der Waals surface area contributed by atoms with E-state index >= 15 is 0 Å². The van der Waals surface area contributed by atoms with Gasteiger partial charge in [-0.15, -0.1) is 0 Å². The largest absolute Gasteiger partial charge is 0.467 e. The van der Waals surface area contributed by atoms with Crippen LogP contribution in [0.3, 0.4) is 0 Å². The third-order valence-corrected chi connectivity index (χ3v) is 7.38. The first-order valence-corrected chi connectivity index (χ1v) is 12.5. The van der Waals surface area contributed by atoms with E-state index in [-0.39, 0.29) is 33.9 Å². The minimum atomic E-state index is -0.485. The maximum atomic E-state index is 14.3. The third-order valence-electron chi connectivity index (χ3n) is 7.38. The van der Waals surface area contributed by atoms with Crippen molar-refractivity contribution >= 4 is 49.2 Å². The van der Waals surface area contributed by atoms with Gasteiger partial charge in [-0.1, -0.05) is 64.1 Å². The summed E-state index contributed by atoms with van der Waals surface area (Å²) in [4.78, 5) is 32.2. The number of fused-ring (bicyclic) bond motifs is 2. The summed E-state index contributed by atoms with van der Waals surface area (Å²) in [6, 6.07) is 18.5. The summed E-state index contributed by atoms with van der Waals surface area (Å²) in [6.45, 7) is 16.0. The lowest BCUT2D eigenvalue weighted by Gasteiger charge is -2.22. The van der Waals surface area contributed by atoms with Crippen molar-refractivity contribution in [1.29, 1.82) is 5.26 Å². The van der Waals surface area contributed by atoms with Crippen molar-refractivity contribution in [1.82, 2.24) is 4.57 Å². The van der Waals surface area contributed by atoms with Crippen LogP contribution in [0, 0.1) is 17.9 Å². The number of aromatic nitrogens is 1. The molecule has 38 heavy (non-hydrogen) atoms. The Balaban J connectivity index is 1.95. The first-order chi connectivity index (χ1) is 18.3. The molecular weight excluding hydrogens is 474 g/mol. The molecule has 0 radical (unpaired) electrons. The summed E-state index contributed by atoms with van der Waals surface area (Å²) < 4.78 is 7.42. The molecule has 0 amide bonds. The van der Waals surface area contributed by atoms with Gasteiger partial charge in [-0.2, -0.15) is 5.26 Å². The molecule has 0 spiro atoms. The zero-order valence-electron chi connectivity index (χ0n) is 21.4. The number of hydrogen-bond donors (Lipinski definition) is 0. The summed E-state index contributed by atoms with van der Waals surface area (Å²) in [6.07, 6.45) is 0. The van der Waals surface area contributed by atoms with Crippen molar-refractivity contribution < 1.29 is 4.42 Å². The minimum Gasteiger partial charge on any atom is -0.467 e. The number of para-hydroxylation sites is 2. The van der Waals surface area contributed by atoms with Gasteiger partial charge in [0.15, 0.2) is 0 Å². The van der Waals surface area contributed by atoms with E-state index in [1.165, 1.54) is 10.6 Å². The van der Waals surface area contributed by atoms with Gasteiger partial charge in [0.25, 0.3) is 11.1 Å². The second-order valence-electron chi connectivity index (χ2n) is 10.2. The Hall–Kier alpha value is -4.94. The molecule has 2 aromatic heterocycles. The minimum absolute atomic E-state index is 0.0550. The average molecular weight is 498 g/mol. The monoisotopic (exact) mass is 497 g/mol. The van der Waals surface area contributed by atoms with E-state index in [4.69, 9.17) is 11.0 Å². The van der Waals surface area contributed by atoms with E-state index < -0.39 is 11.1 Å². The lowest BCUT2D eigenvalue weighted by atomic mass is 9.90. The van der Waals surface area contributed by atoms with Gasteiger partial charge in [0.05, 0.1) is 29.3 Å². The molecule has 0 aliphatic rings. The van der Waals surface area contributed by atoms with E-state index in [0.717, 1.165) is 11.1 Å². The molecule has 0 atom stereocenters. The van der Waals surface area contributed by atoms with Crippen LogP contribution in [0.1, 0.15) is 56.2 Å². The Morgan fingerprint density at radius 1 is 0.842 bits per heavy atom. The molecule has 0 saturated carbocycles. The number of nitrogens with zero attached hydrogens (tertiary/aromatic N) is 3. The van der Waals surface area contributed by atoms with E-state index in [2.05, 4.69) is 10.9 Å². The van der Waals surface area contributed by atoms with Crippen LogP contribution in [0.25, 0.3) is 54.0 Å². The van der Waals surface area contributed by atoms with E-state index in [1.54, 1.807) is 12.1 Å². The number of benzene rings is 4. The Labute approximate surface area is 218 Å². The molecule has 6 nitrogen and oxygen atoms in total. The molecule has 6 aromatic rings. The topological polar surface area (TPSA) is 80.4 Å². The highest BCUT2D eigenvalue weighted by atomic mass is 16.3. The summed E-state index contributed by atoms with van der Waals surface area (Å²) in [7, 11) is 0. The van der Waals surface area contributed by atoms with E-state index in [9.17, 15) is 14.9 Å². The van der Waals surface area contributed by atoms with Crippen molar-refractivity contribution in [3.8, 4) is 11.8 Å². The fourth-order valence-electron chi connectivity index (χ4n) is 5.66. The average Bonchev–Trinajstić information content (AvgIpc) is 2.92. The zero-order chi connectivity index (χ0) is 26.9. The van der Waals surface area contributed by atoms with Gasteiger partial charge < -0.3 is 4.42 Å². The molecular formula is C32H23N3O3. The molecule has 0 bridgehead atoms. The van der Waals surface area contributed by atoms with Crippen molar-refractivity contribution in [2.45, 2.75) is 39.5 Å². The van der Waals surface area contributed by atoms with Gasteiger partial charge in [-0.3, -0.25) is 9.59 Å². The van der Waals surface area contributed by atoms with E-state index in [0.29, 0.717) is 38.4 Å². The first kappa shape index (κ1) is 23.5. The molecule has 0 fully saturated rings. The summed E-state index contributed by atoms with van der Waals surface area (Å²) in [5.41, 5.74) is 2.62. The van der Waals surface area contributed by atoms with Crippen LogP contribution in [0.4, 0.5) is 5.69 Å². The molecule has 0 aliphatic heterocycles. The molecule has 184 valence electrons. The molecule has 4 aromatic carbocycles. The first-order valence-electron chi connectivity index (χ1n) is 12.5. The smallest absolute Gasteiger partial charge is 0.266 e. The predicted octanol–water partition coefficient (Wildman–Crippen LogP) is 7.51. The van der Waals surface area contributed by atoms with Gasteiger partial charge in [0.1, 0.15) is 11.2 Å². The maximum absolute atomic E-state index is 14.3. The number of rotatable bonds is 3. The standard InChI is InChI=1S/C32H23N3O3/c1-16(2)19-10-8-11-20(17(3)4)29(19)35-31(36)22-13-18(15-33)26-21-9-6-7-12-25(21)38-30-24(34-5)14-23(32(35)37)27(22)28(26)30/h6-14,16-17H,1-4H3. The van der Waals surface area contributed by atoms with Gasteiger partial charge in [0.2, 0.25) is 5.69 Å². The van der Waals surface area contributed by atoms with Crippen molar-refractivity contribution in [3.05, 3.63) is 103 Å². The number of pyridine rings is 1. The quantitative estimate of drug-likeness (QED) is 0.144. The van der Waals surface area contributed by atoms with Gasteiger partial charge in [-0.05, 0) is 41.2 Å². The van der Waals surface area contributed by atoms with Crippen LogP contribution in [0.15, 0.2) is 68.6 Å². The molecule has 0 N–H and O–H groups in total. The van der Waals surface area contributed by atoms with Crippen molar-refractivity contribution in [2.24, 2.45) is 0 Å². The molecule has 6 heteroatoms. The molecule has 0 saturated heterocycles. The molecule has 0 unspecified atom stereocenters. The van der Waals surface area contributed by atoms with Crippen LogP contribution >= 0.6 is 0 Å². The van der Waals surface area contributed by atoms with Gasteiger partial charge >= 0.3 is 0 Å². The Morgan fingerprint density at radius 2 is 1.47 bits per heavy atom. The van der Waals surface area contributed by atoms with Crippen LogP contribution in [-0.4, -0.2) is 4.57 Å². The van der Waals surface area contributed by atoms with Gasteiger partial charge in [0, 0.05) is 26.9 Å². The summed E-state index contributed by atoms with van der Waals surface area (Å²) >= 11 is 0. The third kappa shape index (κ3) is 3.04. The zero-order valence-corrected chi connectivity index (χ0v) is 21.4. The predicted molar refractivity (Wildman–Crippen MR) is 151 cm³/mol. The molecule has 0 aliphatic carbocycles. The highest BCUT2D eigenvalue weighted by Crippen LogP contribution is 2.43. The second-order valence-corrected chi connectivity index (χ2v) is 10.2. The lowest BCUT2D eigenvalue weighted by Crippen LogP contribution is -2.34. The van der Waals surface area contributed by atoms with Crippen LogP contribution in [0.5, 0.6) is 0 Å². The van der Waals surface area contributed by atoms with Crippen LogP contribution in [0.2, 0.25) is 0 Å². The fourth-order valence-corrected chi connectivity index (χ4v) is 5.66. The highest BCUT2D eigenvalue weighted by molar-refractivity contribution is 6.30. The molecule has 6 rings (SSSR count). The van der Waals surface area contributed by atoms with E-state index in [1.807, 2.05) is 64.1 Å². The fraction of sp³-hybridized carbons (Fsp3) is 0.188. The highest BCUT2D eigenvalue weighted by Gasteiger charge is 2.26. The van der Waals surface area contributed by atoms with Crippen molar-refractivity contribution in [3.63, 3.8) is 0 Å². The normalized spacial score (nSPS) is 11.8. The summed E-state index contributed by atoms with van der Waals surface area (Å²) in [5, 5.41) is 12.9. The summed E-state index contributed by atoms with van der Waals surface area (Å²) in [5.74, 6) is 0.110. The van der Waals surface area contributed by atoms with Crippen LogP contribution in [-0.2, 0) is 0 Å². The Bertz CT molecular complexity index is 2090. The Morgan fingerprint density at radius 3 is 2.08 bits per heavy atom. The SMILES string of the molecule is [C-]#[N+]c1cc2c(=O)n(-c3c(C(C)C)cccc3C(C)C)c(=O)c3cc(C#N)c4c5ccccc5oc1c4c23. The number of hydrogen-bond acceptors (Lipinski definition) is 4. The van der Waals surface area contributed by atoms with Crippen molar-refractivity contribution in [2.75, 3.05) is 0 Å². The van der Waals surface area contributed by atoms with Crippen LogP contribution < -0.4 is 11.1 Å². The second kappa shape index (κ2) is 8.30.